The molecule has 9 heteroatoms. The molecule has 1 N–H and O–H groups in total. The molecule has 1 amide bonds. The number of rotatable bonds is 4. The predicted octanol–water partition coefficient (Wildman–Crippen LogP) is -1.68. The fourth-order valence-corrected chi connectivity index (χ4v) is 1.43. The van der Waals surface area contributed by atoms with E-state index in [4.69, 9.17) is 0 Å². The number of H-pyrrole nitrogens is 1. The molecular formula is C6H11N5O3S. The van der Waals surface area contributed by atoms with Crippen LogP contribution in [0.15, 0.2) is 0 Å². The Morgan fingerprint density at radius 3 is 2.67 bits per heavy atom. The summed E-state index contributed by atoms with van der Waals surface area (Å²) in [7, 11) is -1.60. The highest BCUT2D eigenvalue weighted by Crippen LogP contribution is 1.94. The number of aromatic amines is 1. The summed E-state index contributed by atoms with van der Waals surface area (Å²) < 4.78 is 21.7. The zero-order valence-electron chi connectivity index (χ0n) is 8.34. The van der Waals surface area contributed by atoms with E-state index in [1.807, 2.05) is 0 Å². The van der Waals surface area contributed by atoms with Crippen LogP contribution in [0.2, 0.25) is 0 Å². The first-order chi connectivity index (χ1) is 6.90. The molecule has 1 heterocycles. The Hall–Kier alpha value is -1.51. The quantitative estimate of drug-likeness (QED) is 0.665. The maximum atomic E-state index is 11.5. The third-order valence-electron chi connectivity index (χ3n) is 1.68. The van der Waals surface area contributed by atoms with Gasteiger partial charge in [0.2, 0.25) is 0 Å². The number of carbonyl (C=O) groups is 1. The predicted molar refractivity (Wildman–Crippen MR) is 50.8 cm³/mol. The van der Waals surface area contributed by atoms with Crippen LogP contribution in [0.4, 0.5) is 0 Å². The number of aromatic nitrogens is 4. The smallest absolute Gasteiger partial charge is 0.295 e. The lowest BCUT2D eigenvalue weighted by Gasteiger charge is -2.13. The van der Waals surface area contributed by atoms with Gasteiger partial charge in [0, 0.05) is 19.8 Å². The Morgan fingerprint density at radius 2 is 2.20 bits per heavy atom. The van der Waals surface area contributed by atoms with E-state index < -0.39 is 15.7 Å². The summed E-state index contributed by atoms with van der Waals surface area (Å²) in [5.41, 5.74) is 0. The normalized spacial score (nSPS) is 11.3. The lowest BCUT2D eigenvalue weighted by Crippen LogP contribution is -2.32. The average Bonchev–Trinajstić information content (AvgIpc) is 2.64. The molecule has 1 rings (SSSR count). The number of tetrazole rings is 1. The molecule has 0 unspecified atom stereocenters. The molecule has 0 fully saturated rings. The first-order valence-electron chi connectivity index (χ1n) is 4.07. The fraction of sp³-hybridized carbons (Fsp3) is 0.667. The first-order valence-corrected chi connectivity index (χ1v) is 6.13. The summed E-state index contributed by atoms with van der Waals surface area (Å²) in [5.74, 6) is -0.633. The molecule has 0 aliphatic carbocycles. The zero-order valence-corrected chi connectivity index (χ0v) is 9.15. The number of hydrogen-bond acceptors (Lipinski definition) is 6. The van der Waals surface area contributed by atoms with Crippen LogP contribution in [0.25, 0.3) is 0 Å². The summed E-state index contributed by atoms with van der Waals surface area (Å²) in [6, 6.07) is 0. The van der Waals surface area contributed by atoms with Crippen LogP contribution in [0.1, 0.15) is 10.6 Å². The van der Waals surface area contributed by atoms with Gasteiger partial charge >= 0.3 is 0 Å². The van der Waals surface area contributed by atoms with Gasteiger partial charge < -0.3 is 4.90 Å². The molecule has 0 aliphatic heterocycles. The van der Waals surface area contributed by atoms with Crippen LogP contribution >= 0.6 is 0 Å². The molecule has 8 nitrogen and oxygen atoms in total. The highest BCUT2D eigenvalue weighted by molar-refractivity contribution is 7.90. The first kappa shape index (κ1) is 11.6. The summed E-state index contributed by atoms with van der Waals surface area (Å²) in [6.07, 6.45) is 1.11. The molecule has 15 heavy (non-hydrogen) atoms. The van der Waals surface area contributed by atoms with Crippen molar-refractivity contribution in [3.05, 3.63) is 5.82 Å². The zero-order chi connectivity index (χ0) is 11.5. The van der Waals surface area contributed by atoms with Crippen molar-refractivity contribution in [3.63, 3.8) is 0 Å². The van der Waals surface area contributed by atoms with Gasteiger partial charge in [-0.15, -0.1) is 10.2 Å². The van der Waals surface area contributed by atoms with Crippen LogP contribution in [0.3, 0.4) is 0 Å². The van der Waals surface area contributed by atoms with Crippen molar-refractivity contribution in [2.45, 2.75) is 0 Å². The number of amides is 1. The van der Waals surface area contributed by atoms with Gasteiger partial charge in [-0.2, -0.15) is 5.21 Å². The van der Waals surface area contributed by atoms with E-state index in [2.05, 4.69) is 20.6 Å². The minimum atomic E-state index is -3.08. The van der Waals surface area contributed by atoms with Crippen LogP contribution in [-0.4, -0.2) is 65.5 Å². The molecule has 0 atom stereocenters. The second kappa shape index (κ2) is 4.34. The molecule has 0 aromatic carbocycles. The third kappa shape index (κ3) is 3.62. The fourth-order valence-electron chi connectivity index (χ4n) is 0.827. The van der Waals surface area contributed by atoms with E-state index in [0.29, 0.717) is 0 Å². The lowest BCUT2D eigenvalue weighted by molar-refractivity contribution is 0.0791. The number of nitrogens with zero attached hydrogens (tertiary/aromatic N) is 4. The van der Waals surface area contributed by atoms with Gasteiger partial charge in [0.05, 0.1) is 5.75 Å². The average molecular weight is 233 g/mol. The molecule has 1 aromatic heterocycles. The summed E-state index contributed by atoms with van der Waals surface area (Å²) >= 11 is 0. The van der Waals surface area contributed by atoms with Crippen molar-refractivity contribution < 1.29 is 13.2 Å². The molecule has 0 radical (unpaired) electrons. The third-order valence-corrected chi connectivity index (χ3v) is 2.60. The Kier molecular flexibility index (Phi) is 3.35. The minimum absolute atomic E-state index is 0.0778. The van der Waals surface area contributed by atoms with Gasteiger partial charge in [-0.25, -0.2) is 8.42 Å². The summed E-state index contributed by atoms with van der Waals surface area (Å²) in [6.45, 7) is 0.103. The van der Waals surface area contributed by atoms with Crippen LogP contribution in [0, 0.1) is 0 Å². The van der Waals surface area contributed by atoms with E-state index in [1.165, 1.54) is 11.9 Å². The van der Waals surface area contributed by atoms with Gasteiger partial charge in [0.15, 0.2) is 0 Å². The molecular weight excluding hydrogens is 222 g/mol. The Bertz CT molecular complexity index is 426. The van der Waals surface area contributed by atoms with Gasteiger partial charge in [0.1, 0.15) is 9.84 Å². The van der Waals surface area contributed by atoms with Crippen LogP contribution < -0.4 is 0 Å². The largest absolute Gasteiger partial charge is 0.338 e. The second-order valence-electron chi connectivity index (χ2n) is 3.09. The van der Waals surface area contributed by atoms with E-state index in [-0.39, 0.29) is 18.1 Å². The Labute approximate surface area is 86.6 Å². The van der Waals surface area contributed by atoms with Crippen molar-refractivity contribution in [2.75, 3.05) is 25.6 Å². The monoisotopic (exact) mass is 233 g/mol. The number of hydrogen-bond donors (Lipinski definition) is 1. The highest BCUT2D eigenvalue weighted by Gasteiger charge is 2.17. The molecule has 1 aromatic rings. The summed E-state index contributed by atoms with van der Waals surface area (Å²) in [4.78, 5) is 12.7. The highest BCUT2D eigenvalue weighted by atomic mass is 32.2. The van der Waals surface area contributed by atoms with E-state index in [0.717, 1.165) is 6.26 Å². The summed E-state index contributed by atoms with van der Waals surface area (Å²) in [5, 5.41) is 12.4. The standard InChI is InChI=1S/C6H11N5O3S/c1-11(3-4-15(2,13)14)6(12)5-7-9-10-8-5/h3-4H2,1-2H3,(H,7,8,9,10). The van der Waals surface area contributed by atoms with E-state index in [1.54, 1.807) is 0 Å². The van der Waals surface area contributed by atoms with Crippen molar-refractivity contribution in [2.24, 2.45) is 0 Å². The van der Waals surface area contributed by atoms with Crippen LogP contribution in [0.5, 0.6) is 0 Å². The number of nitrogens with one attached hydrogen (secondary N) is 1. The van der Waals surface area contributed by atoms with Gasteiger partial charge in [-0.3, -0.25) is 4.79 Å². The Morgan fingerprint density at radius 1 is 1.53 bits per heavy atom. The van der Waals surface area contributed by atoms with Crippen molar-refractivity contribution in [1.29, 1.82) is 0 Å². The molecule has 0 saturated carbocycles. The molecule has 0 bridgehead atoms. The topological polar surface area (TPSA) is 109 Å². The van der Waals surface area contributed by atoms with E-state index in [9.17, 15) is 13.2 Å². The molecule has 0 spiro atoms. The lowest BCUT2D eigenvalue weighted by atomic mass is 10.5. The van der Waals surface area contributed by atoms with Gasteiger partial charge in [-0.05, 0) is 5.21 Å². The maximum absolute atomic E-state index is 11.5. The number of sulfone groups is 1. The van der Waals surface area contributed by atoms with Gasteiger partial charge in [0.25, 0.3) is 11.7 Å². The maximum Gasteiger partial charge on any atom is 0.295 e. The second-order valence-corrected chi connectivity index (χ2v) is 5.35. The van der Waals surface area contributed by atoms with Crippen molar-refractivity contribution in [1.82, 2.24) is 25.5 Å². The van der Waals surface area contributed by atoms with Crippen molar-refractivity contribution >= 4 is 15.7 Å². The van der Waals surface area contributed by atoms with Crippen LogP contribution in [-0.2, 0) is 9.84 Å². The SMILES string of the molecule is CN(CCS(C)(=O)=O)C(=O)c1nn[nH]n1. The van der Waals surface area contributed by atoms with Gasteiger partial charge in [-0.1, -0.05) is 0 Å². The molecule has 0 saturated heterocycles. The minimum Gasteiger partial charge on any atom is -0.338 e. The number of carbonyl (C=O) groups excluding carboxylic acids is 1. The van der Waals surface area contributed by atoms with E-state index >= 15 is 0 Å². The molecule has 0 aliphatic rings. The Balaban J connectivity index is 2.55. The van der Waals surface area contributed by atoms with Crippen molar-refractivity contribution in [3.8, 4) is 0 Å². The molecule has 84 valence electrons.